The Kier molecular flexibility index (Phi) is 3.03. The van der Waals surface area contributed by atoms with Crippen LogP contribution < -0.4 is 10.2 Å². The summed E-state index contributed by atoms with van der Waals surface area (Å²) < 4.78 is 5.66. The number of hydrogen-bond acceptors (Lipinski definition) is 3. The molecule has 2 aromatic rings. The number of hydrogen-bond donors (Lipinski definition) is 1. The highest BCUT2D eigenvalue weighted by Gasteiger charge is 2.27. The van der Waals surface area contributed by atoms with Crippen molar-refractivity contribution in [3.05, 3.63) is 50.8 Å². The SMILES string of the molecule is Cc1ccc(C2CC2)c(Oc2n[nH]c(Cl)cc2=O)c1. The fourth-order valence-corrected chi connectivity index (χ4v) is 2.15. The predicted octanol–water partition coefficient (Wildman–Crippen LogP) is 3.40. The van der Waals surface area contributed by atoms with E-state index in [0.717, 1.165) is 11.1 Å². The molecule has 1 aromatic carbocycles. The van der Waals surface area contributed by atoms with Crippen LogP contribution >= 0.6 is 11.6 Å². The first-order valence-electron chi connectivity index (χ1n) is 6.17. The number of halogens is 1. The van der Waals surface area contributed by atoms with Crippen molar-refractivity contribution in [2.24, 2.45) is 0 Å². The first-order valence-corrected chi connectivity index (χ1v) is 6.55. The summed E-state index contributed by atoms with van der Waals surface area (Å²) in [5.41, 5.74) is 1.90. The lowest BCUT2D eigenvalue weighted by molar-refractivity contribution is 0.444. The highest BCUT2D eigenvalue weighted by Crippen LogP contribution is 2.45. The van der Waals surface area contributed by atoms with E-state index in [1.54, 1.807) is 0 Å². The Morgan fingerprint density at radius 3 is 2.84 bits per heavy atom. The lowest BCUT2D eigenvalue weighted by Crippen LogP contribution is -2.08. The number of aromatic amines is 1. The Morgan fingerprint density at radius 2 is 2.16 bits per heavy atom. The van der Waals surface area contributed by atoms with Crippen LogP contribution in [0.25, 0.3) is 0 Å². The van der Waals surface area contributed by atoms with Crippen molar-refractivity contribution in [3.63, 3.8) is 0 Å². The van der Waals surface area contributed by atoms with Crippen molar-refractivity contribution in [1.82, 2.24) is 10.2 Å². The van der Waals surface area contributed by atoms with Gasteiger partial charge in [0, 0.05) is 6.07 Å². The highest BCUT2D eigenvalue weighted by atomic mass is 35.5. The smallest absolute Gasteiger partial charge is 0.285 e. The molecule has 0 spiro atoms. The van der Waals surface area contributed by atoms with Crippen LogP contribution in [0.5, 0.6) is 11.6 Å². The maximum absolute atomic E-state index is 11.7. The van der Waals surface area contributed by atoms with Gasteiger partial charge in [-0.3, -0.25) is 9.89 Å². The number of aromatic nitrogens is 2. The van der Waals surface area contributed by atoms with E-state index in [-0.39, 0.29) is 16.5 Å². The first kappa shape index (κ1) is 12.2. The Morgan fingerprint density at radius 1 is 1.37 bits per heavy atom. The quantitative estimate of drug-likeness (QED) is 0.935. The summed E-state index contributed by atoms with van der Waals surface area (Å²) >= 11 is 5.66. The standard InChI is InChI=1S/C14H13ClN2O2/c1-8-2-5-10(9-3-4-9)12(6-8)19-14-11(18)7-13(15)16-17-14/h2,5-7,9H,3-4H2,1H3,(H,16,18). The van der Waals surface area contributed by atoms with E-state index < -0.39 is 0 Å². The molecule has 0 aliphatic heterocycles. The van der Waals surface area contributed by atoms with E-state index in [0.29, 0.717) is 11.7 Å². The van der Waals surface area contributed by atoms with Gasteiger partial charge in [-0.15, -0.1) is 5.10 Å². The summed E-state index contributed by atoms with van der Waals surface area (Å²) in [5.74, 6) is 1.28. The molecular weight excluding hydrogens is 264 g/mol. The van der Waals surface area contributed by atoms with Gasteiger partial charge in [0.05, 0.1) is 0 Å². The van der Waals surface area contributed by atoms with E-state index in [2.05, 4.69) is 22.3 Å². The lowest BCUT2D eigenvalue weighted by Gasteiger charge is -2.10. The molecule has 0 amide bonds. The zero-order chi connectivity index (χ0) is 13.4. The monoisotopic (exact) mass is 276 g/mol. The summed E-state index contributed by atoms with van der Waals surface area (Å²) in [5, 5.41) is 6.56. The first-order chi connectivity index (χ1) is 9.13. The minimum Gasteiger partial charge on any atom is -0.434 e. The Bertz CT molecular complexity index is 677. The van der Waals surface area contributed by atoms with E-state index >= 15 is 0 Å². The number of benzene rings is 1. The number of nitrogens with zero attached hydrogens (tertiary/aromatic N) is 1. The van der Waals surface area contributed by atoms with Crippen LogP contribution in [0.3, 0.4) is 0 Å². The number of nitrogens with one attached hydrogen (secondary N) is 1. The van der Waals surface area contributed by atoms with Crippen LogP contribution in [-0.4, -0.2) is 10.2 Å². The van der Waals surface area contributed by atoms with Gasteiger partial charge in [-0.05, 0) is 42.9 Å². The fourth-order valence-electron chi connectivity index (χ4n) is 2.01. The van der Waals surface area contributed by atoms with E-state index in [1.807, 2.05) is 13.0 Å². The molecule has 5 heteroatoms. The number of aryl methyl sites for hydroxylation is 1. The molecule has 4 nitrogen and oxygen atoms in total. The third-order valence-electron chi connectivity index (χ3n) is 3.13. The third-order valence-corrected chi connectivity index (χ3v) is 3.32. The van der Waals surface area contributed by atoms with Gasteiger partial charge in [-0.25, -0.2) is 0 Å². The largest absolute Gasteiger partial charge is 0.434 e. The molecule has 0 saturated heterocycles. The Labute approximate surface area is 115 Å². The second-order valence-corrected chi connectivity index (χ2v) is 5.21. The minimum atomic E-state index is -0.327. The van der Waals surface area contributed by atoms with E-state index in [1.165, 1.54) is 18.9 Å². The van der Waals surface area contributed by atoms with Gasteiger partial charge in [0.2, 0.25) is 5.43 Å². The zero-order valence-electron chi connectivity index (χ0n) is 10.4. The summed E-state index contributed by atoms with van der Waals surface area (Å²) in [6.07, 6.45) is 2.34. The molecule has 3 rings (SSSR count). The normalized spacial score (nSPS) is 14.4. The maximum atomic E-state index is 11.7. The topological polar surface area (TPSA) is 55.0 Å². The average molecular weight is 277 g/mol. The predicted molar refractivity (Wildman–Crippen MR) is 73.1 cm³/mol. The van der Waals surface area contributed by atoms with Crippen LogP contribution in [0.1, 0.15) is 29.9 Å². The van der Waals surface area contributed by atoms with Crippen LogP contribution in [0, 0.1) is 6.92 Å². The summed E-state index contributed by atoms with van der Waals surface area (Å²) in [4.78, 5) is 11.7. The molecular formula is C14H13ClN2O2. The van der Waals surface area contributed by atoms with Gasteiger partial charge >= 0.3 is 0 Å². The van der Waals surface area contributed by atoms with Crippen molar-refractivity contribution >= 4 is 11.6 Å². The van der Waals surface area contributed by atoms with Gasteiger partial charge < -0.3 is 4.74 Å². The van der Waals surface area contributed by atoms with Crippen molar-refractivity contribution < 1.29 is 4.74 Å². The number of ether oxygens (including phenoxy) is 1. The van der Waals surface area contributed by atoms with E-state index in [9.17, 15) is 4.79 Å². The number of H-pyrrole nitrogens is 1. The zero-order valence-corrected chi connectivity index (χ0v) is 11.2. The molecule has 1 heterocycles. The molecule has 0 bridgehead atoms. The van der Waals surface area contributed by atoms with Gasteiger partial charge in [-0.1, -0.05) is 23.7 Å². The van der Waals surface area contributed by atoms with Crippen molar-refractivity contribution in [3.8, 4) is 11.6 Å². The second kappa shape index (κ2) is 4.70. The van der Waals surface area contributed by atoms with Crippen LogP contribution in [0.15, 0.2) is 29.1 Å². The summed E-state index contributed by atoms with van der Waals surface area (Å²) in [7, 11) is 0. The summed E-state index contributed by atoms with van der Waals surface area (Å²) in [6, 6.07) is 7.31. The molecule has 1 fully saturated rings. The molecule has 98 valence electrons. The molecule has 1 aliphatic rings. The van der Waals surface area contributed by atoms with Crippen molar-refractivity contribution in [2.45, 2.75) is 25.7 Å². The molecule has 0 atom stereocenters. The maximum Gasteiger partial charge on any atom is 0.285 e. The third kappa shape index (κ3) is 2.63. The molecule has 0 unspecified atom stereocenters. The van der Waals surface area contributed by atoms with Crippen molar-refractivity contribution in [1.29, 1.82) is 0 Å². The second-order valence-electron chi connectivity index (χ2n) is 4.80. The Hall–Kier alpha value is -1.81. The van der Waals surface area contributed by atoms with Gasteiger partial charge in [0.1, 0.15) is 10.9 Å². The van der Waals surface area contributed by atoms with Crippen LogP contribution in [0.4, 0.5) is 0 Å². The molecule has 1 N–H and O–H groups in total. The lowest BCUT2D eigenvalue weighted by atomic mass is 10.1. The highest BCUT2D eigenvalue weighted by molar-refractivity contribution is 6.29. The van der Waals surface area contributed by atoms with Gasteiger partial charge in [0.25, 0.3) is 5.88 Å². The molecule has 1 aromatic heterocycles. The molecule has 1 aliphatic carbocycles. The number of rotatable bonds is 3. The minimum absolute atomic E-state index is 0.0249. The van der Waals surface area contributed by atoms with Gasteiger partial charge in [-0.2, -0.15) is 0 Å². The van der Waals surface area contributed by atoms with E-state index in [4.69, 9.17) is 16.3 Å². The Balaban J connectivity index is 1.98. The summed E-state index contributed by atoms with van der Waals surface area (Å²) in [6.45, 7) is 1.99. The van der Waals surface area contributed by atoms with Crippen LogP contribution in [0.2, 0.25) is 5.15 Å². The van der Waals surface area contributed by atoms with Gasteiger partial charge in [0.15, 0.2) is 0 Å². The molecule has 1 saturated carbocycles. The average Bonchev–Trinajstić information content (AvgIpc) is 3.17. The molecule has 0 radical (unpaired) electrons. The molecule has 19 heavy (non-hydrogen) atoms. The van der Waals surface area contributed by atoms with Crippen molar-refractivity contribution in [2.75, 3.05) is 0 Å². The fraction of sp³-hybridized carbons (Fsp3) is 0.286. The van der Waals surface area contributed by atoms with Crippen LogP contribution in [-0.2, 0) is 0 Å².